The van der Waals surface area contributed by atoms with Crippen LogP contribution in [0.2, 0.25) is 0 Å². The molecule has 0 radical (unpaired) electrons. The maximum absolute atomic E-state index is 11.9. The van der Waals surface area contributed by atoms with Gasteiger partial charge >= 0.3 is 0 Å². The molecule has 1 N–H and O–H groups in total. The summed E-state index contributed by atoms with van der Waals surface area (Å²) >= 11 is 2.94. The molecule has 96 valence electrons. The van der Waals surface area contributed by atoms with Crippen LogP contribution in [0.4, 0.5) is 0 Å². The molecule has 18 heavy (non-hydrogen) atoms. The number of nitrogens with one attached hydrogen (secondary N) is 1. The molecular formula is C12H15N3OS2. The number of aromatic nitrogens is 1. The third-order valence-corrected chi connectivity index (χ3v) is 5.00. The monoisotopic (exact) mass is 281 g/mol. The predicted molar refractivity (Wildman–Crippen MR) is 72.4 cm³/mol. The molecule has 2 rings (SSSR count). The van der Waals surface area contributed by atoms with Crippen LogP contribution in [0, 0.1) is 11.3 Å². The van der Waals surface area contributed by atoms with E-state index in [-0.39, 0.29) is 5.91 Å². The first-order valence-electron chi connectivity index (χ1n) is 5.99. The molecule has 0 spiro atoms. The van der Waals surface area contributed by atoms with Gasteiger partial charge in [-0.15, -0.1) is 11.3 Å². The largest absolute Gasteiger partial charge is 0.337 e. The van der Waals surface area contributed by atoms with Gasteiger partial charge in [0.15, 0.2) is 0 Å². The number of thiazole rings is 1. The Balaban J connectivity index is 1.84. The van der Waals surface area contributed by atoms with Crippen LogP contribution in [0.3, 0.4) is 0 Å². The average Bonchev–Trinajstić information content (AvgIpc) is 2.91. The van der Waals surface area contributed by atoms with Gasteiger partial charge in [-0.25, -0.2) is 4.98 Å². The average molecular weight is 281 g/mol. The number of nitriles is 1. The zero-order valence-corrected chi connectivity index (χ0v) is 11.6. The van der Waals surface area contributed by atoms with Crippen molar-refractivity contribution in [2.24, 2.45) is 0 Å². The molecule has 1 aliphatic rings. The van der Waals surface area contributed by atoms with Crippen LogP contribution in [-0.4, -0.2) is 22.2 Å². The van der Waals surface area contributed by atoms with Crippen molar-refractivity contribution in [3.8, 4) is 6.07 Å². The van der Waals surface area contributed by atoms with Crippen molar-refractivity contribution in [1.29, 1.82) is 5.26 Å². The number of hydrogen-bond donors (Lipinski definition) is 1. The summed E-state index contributed by atoms with van der Waals surface area (Å²) in [7, 11) is 0. The first-order valence-corrected chi connectivity index (χ1v) is 7.85. The number of thioether (sulfide) groups is 1. The van der Waals surface area contributed by atoms with Crippen molar-refractivity contribution in [3.63, 3.8) is 0 Å². The van der Waals surface area contributed by atoms with E-state index in [1.165, 1.54) is 23.1 Å². The van der Waals surface area contributed by atoms with Gasteiger partial charge in [-0.1, -0.05) is 31.0 Å². The normalized spacial score (nSPS) is 17.9. The predicted octanol–water partition coefficient (Wildman–Crippen LogP) is 2.58. The molecule has 0 bridgehead atoms. The Morgan fingerprint density at radius 3 is 2.94 bits per heavy atom. The van der Waals surface area contributed by atoms with E-state index in [0.29, 0.717) is 5.75 Å². The number of carbonyl (C=O) groups excluding carboxylic acids is 1. The topological polar surface area (TPSA) is 65.8 Å². The van der Waals surface area contributed by atoms with Crippen LogP contribution < -0.4 is 5.32 Å². The van der Waals surface area contributed by atoms with Crippen LogP contribution in [-0.2, 0) is 4.79 Å². The lowest BCUT2D eigenvalue weighted by Crippen LogP contribution is -2.49. The van der Waals surface area contributed by atoms with Gasteiger partial charge in [0, 0.05) is 11.6 Å². The first-order chi connectivity index (χ1) is 8.74. The smallest absolute Gasteiger partial charge is 0.231 e. The van der Waals surface area contributed by atoms with Crippen LogP contribution in [0.25, 0.3) is 0 Å². The highest BCUT2D eigenvalue weighted by Gasteiger charge is 2.33. The Morgan fingerprint density at radius 2 is 2.33 bits per heavy atom. The second-order valence-electron chi connectivity index (χ2n) is 4.39. The van der Waals surface area contributed by atoms with E-state index in [4.69, 9.17) is 0 Å². The quantitative estimate of drug-likeness (QED) is 0.861. The third-order valence-electron chi connectivity index (χ3n) is 3.04. The van der Waals surface area contributed by atoms with Crippen molar-refractivity contribution in [3.05, 3.63) is 11.6 Å². The van der Waals surface area contributed by atoms with Crippen molar-refractivity contribution >= 4 is 29.0 Å². The fraction of sp³-hybridized carbons (Fsp3) is 0.583. The molecule has 6 heteroatoms. The number of amides is 1. The molecule has 0 aromatic carbocycles. The molecule has 1 aromatic heterocycles. The summed E-state index contributed by atoms with van der Waals surface area (Å²) in [6.45, 7) is 0. The zero-order valence-electron chi connectivity index (χ0n) is 10.0. The molecule has 1 fully saturated rings. The van der Waals surface area contributed by atoms with Crippen LogP contribution in [0.5, 0.6) is 0 Å². The lowest BCUT2D eigenvalue weighted by Gasteiger charge is -2.31. The summed E-state index contributed by atoms with van der Waals surface area (Å²) in [6, 6.07) is 2.29. The molecule has 1 amide bonds. The molecule has 1 heterocycles. The van der Waals surface area contributed by atoms with Gasteiger partial charge < -0.3 is 5.32 Å². The van der Waals surface area contributed by atoms with Gasteiger partial charge in [-0.05, 0) is 12.8 Å². The zero-order chi connectivity index (χ0) is 12.8. The van der Waals surface area contributed by atoms with Crippen molar-refractivity contribution < 1.29 is 4.79 Å². The van der Waals surface area contributed by atoms with Crippen LogP contribution in [0.15, 0.2) is 15.9 Å². The first kappa shape index (κ1) is 13.4. The number of nitrogens with zero attached hydrogens (tertiary/aromatic N) is 2. The van der Waals surface area contributed by atoms with Gasteiger partial charge in [0.1, 0.15) is 9.88 Å². The van der Waals surface area contributed by atoms with E-state index in [2.05, 4.69) is 16.4 Å². The van der Waals surface area contributed by atoms with E-state index < -0.39 is 5.54 Å². The summed E-state index contributed by atoms with van der Waals surface area (Å²) in [6.07, 6.45) is 6.48. The minimum absolute atomic E-state index is 0.0707. The SMILES string of the molecule is N#CC1(NC(=O)CSc2nccs2)CCCCC1. The van der Waals surface area contributed by atoms with E-state index >= 15 is 0 Å². The lowest BCUT2D eigenvalue weighted by atomic mass is 9.83. The summed E-state index contributed by atoms with van der Waals surface area (Å²) < 4.78 is 0.889. The maximum atomic E-state index is 11.9. The second-order valence-corrected chi connectivity index (χ2v) is 6.51. The standard InChI is InChI=1S/C12H15N3OS2/c13-9-12(4-2-1-3-5-12)15-10(16)8-18-11-14-6-7-17-11/h6-7H,1-5,8H2,(H,15,16). The highest BCUT2D eigenvalue weighted by atomic mass is 32.2. The summed E-state index contributed by atoms with van der Waals surface area (Å²) in [4.78, 5) is 16.0. The minimum atomic E-state index is -0.626. The molecule has 1 aromatic rings. The molecule has 0 saturated heterocycles. The van der Waals surface area contributed by atoms with E-state index in [0.717, 1.165) is 36.4 Å². The lowest BCUT2D eigenvalue weighted by molar-refractivity contribution is -0.120. The van der Waals surface area contributed by atoms with Crippen molar-refractivity contribution in [1.82, 2.24) is 10.3 Å². The molecule has 0 aliphatic heterocycles. The highest BCUT2D eigenvalue weighted by Crippen LogP contribution is 2.28. The summed E-state index contributed by atoms with van der Waals surface area (Å²) in [5.74, 6) is 0.260. The number of hydrogen-bond acceptors (Lipinski definition) is 5. The molecule has 0 atom stereocenters. The second kappa shape index (κ2) is 6.21. The fourth-order valence-electron chi connectivity index (χ4n) is 2.13. The third kappa shape index (κ3) is 3.47. The highest BCUT2D eigenvalue weighted by molar-refractivity contribution is 8.01. The van der Waals surface area contributed by atoms with Gasteiger partial charge in [0.25, 0.3) is 0 Å². The molecule has 4 nitrogen and oxygen atoms in total. The summed E-state index contributed by atoms with van der Waals surface area (Å²) in [5, 5.41) is 14.0. The number of carbonyl (C=O) groups is 1. The Hall–Kier alpha value is -1.06. The molecule has 1 saturated carbocycles. The Morgan fingerprint density at radius 1 is 1.56 bits per heavy atom. The molecular weight excluding hydrogens is 266 g/mol. The van der Waals surface area contributed by atoms with Gasteiger partial charge in [-0.3, -0.25) is 4.79 Å². The minimum Gasteiger partial charge on any atom is -0.337 e. The van der Waals surface area contributed by atoms with Gasteiger partial charge in [0.2, 0.25) is 5.91 Å². The van der Waals surface area contributed by atoms with E-state index in [1.54, 1.807) is 6.20 Å². The van der Waals surface area contributed by atoms with Crippen molar-refractivity contribution in [2.45, 2.75) is 42.0 Å². The van der Waals surface area contributed by atoms with E-state index in [9.17, 15) is 10.1 Å². The maximum Gasteiger partial charge on any atom is 0.231 e. The molecule has 0 unspecified atom stereocenters. The fourth-order valence-corrected chi connectivity index (χ4v) is 3.57. The molecule has 1 aliphatic carbocycles. The van der Waals surface area contributed by atoms with Gasteiger partial charge in [0.05, 0.1) is 11.8 Å². The van der Waals surface area contributed by atoms with E-state index in [1.807, 2.05) is 5.38 Å². The van der Waals surface area contributed by atoms with Crippen LogP contribution >= 0.6 is 23.1 Å². The van der Waals surface area contributed by atoms with Gasteiger partial charge in [-0.2, -0.15) is 5.26 Å². The Bertz CT molecular complexity index is 433. The van der Waals surface area contributed by atoms with Crippen molar-refractivity contribution in [2.75, 3.05) is 5.75 Å². The Labute approximate surface area is 115 Å². The van der Waals surface area contributed by atoms with Crippen LogP contribution in [0.1, 0.15) is 32.1 Å². The number of rotatable bonds is 4. The summed E-state index contributed by atoms with van der Waals surface area (Å²) in [5.41, 5.74) is -0.626. The Kier molecular flexibility index (Phi) is 4.61.